The van der Waals surface area contributed by atoms with Crippen molar-refractivity contribution in [3.8, 4) is 28.6 Å². The van der Waals surface area contributed by atoms with E-state index < -0.39 is 5.91 Å². The second kappa shape index (κ2) is 9.18. The molecule has 0 aliphatic heterocycles. The van der Waals surface area contributed by atoms with Gasteiger partial charge in [0.1, 0.15) is 17.2 Å². The van der Waals surface area contributed by atoms with Crippen molar-refractivity contribution in [2.45, 2.75) is 6.92 Å². The molecule has 0 bridgehead atoms. The average molecular weight is 448 g/mol. The Bertz CT molecular complexity index is 1310. The topological polar surface area (TPSA) is 156 Å². The number of nitrogens with zero attached hydrogens (tertiary/aromatic N) is 6. The van der Waals surface area contributed by atoms with Gasteiger partial charge in [-0.2, -0.15) is 9.78 Å². The van der Waals surface area contributed by atoms with E-state index in [-0.39, 0.29) is 17.3 Å². The molecule has 2 heterocycles. The van der Waals surface area contributed by atoms with E-state index in [9.17, 15) is 4.79 Å². The Labute approximate surface area is 188 Å². The van der Waals surface area contributed by atoms with Gasteiger partial charge in [-0.3, -0.25) is 4.79 Å². The van der Waals surface area contributed by atoms with Crippen molar-refractivity contribution in [1.29, 1.82) is 0 Å². The lowest BCUT2D eigenvalue weighted by Gasteiger charge is -2.07. The molecule has 33 heavy (non-hydrogen) atoms. The maximum absolute atomic E-state index is 12.9. The molecule has 0 aliphatic rings. The smallest absolute Gasteiger partial charge is 0.294 e. The number of anilines is 1. The van der Waals surface area contributed by atoms with Crippen LogP contribution in [0, 0.1) is 6.92 Å². The monoisotopic (exact) mass is 448 g/mol. The van der Waals surface area contributed by atoms with Crippen LogP contribution in [-0.2, 0) is 0 Å². The van der Waals surface area contributed by atoms with E-state index in [1.807, 2.05) is 31.2 Å². The summed E-state index contributed by atoms with van der Waals surface area (Å²) >= 11 is 0. The van der Waals surface area contributed by atoms with E-state index in [4.69, 9.17) is 15.2 Å². The van der Waals surface area contributed by atoms with Gasteiger partial charge in [-0.15, -0.1) is 5.10 Å². The first kappa shape index (κ1) is 21.5. The minimum atomic E-state index is -0.587. The molecule has 0 radical (unpaired) electrons. The van der Waals surface area contributed by atoms with Crippen molar-refractivity contribution in [2.75, 3.05) is 20.0 Å². The number of nitrogen functional groups attached to an aromatic ring is 1. The number of aromatic nitrogens is 5. The predicted octanol–water partition coefficient (Wildman–Crippen LogP) is 1.99. The molecule has 0 fully saturated rings. The van der Waals surface area contributed by atoms with E-state index in [0.29, 0.717) is 28.3 Å². The molecule has 0 unspecified atom stereocenters. The number of nitrogens with two attached hydrogens (primary N) is 1. The summed E-state index contributed by atoms with van der Waals surface area (Å²) in [6.07, 6.45) is 1.45. The summed E-state index contributed by atoms with van der Waals surface area (Å²) in [7, 11) is 3.09. The van der Waals surface area contributed by atoms with Crippen LogP contribution in [0.5, 0.6) is 11.5 Å². The lowest BCUT2D eigenvalue weighted by molar-refractivity contribution is 0.0950. The quantitative estimate of drug-likeness (QED) is 0.319. The van der Waals surface area contributed by atoms with Gasteiger partial charge in [-0.05, 0) is 29.4 Å². The number of benzene rings is 2. The SMILES string of the molecule is COc1ccc(/C=N\NC(=O)c2nnn(-c3nonc3N)c2-c2ccc(C)cc2)c(OC)c1. The van der Waals surface area contributed by atoms with Gasteiger partial charge in [-0.25, -0.2) is 10.1 Å². The third-order valence-corrected chi connectivity index (χ3v) is 4.72. The summed E-state index contributed by atoms with van der Waals surface area (Å²) in [6.45, 7) is 1.95. The Morgan fingerprint density at radius 3 is 2.61 bits per heavy atom. The maximum Gasteiger partial charge on any atom is 0.294 e. The maximum atomic E-state index is 12.9. The van der Waals surface area contributed by atoms with Crippen LogP contribution in [-0.4, -0.2) is 51.6 Å². The molecule has 0 saturated heterocycles. The Kier molecular flexibility index (Phi) is 5.98. The summed E-state index contributed by atoms with van der Waals surface area (Å²) in [6, 6.07) is 12.7. The number of hydrogen-bond donors (Lipinski definition) is 2. The van der Waals surface area contributed by atoms with Gasteiger partial charge in [0.25, 0.3) is 5.91 Å². The zero-order valence-corrected chi connectivity index (χ0v) is 18.0. The number of ether oxygens (including phenoxy) is 2. The van der Waals surface area contributed by atoms with Gasteiger partial charge in [0.05, 0.1) is 20.4 Å². The highest BCUT2D eigenvalue weighted by Gasteiger charge is 2.25. The number of methoxy groups -OCH3 is 2. The van der Waals surface area contributed by atoms with E-state index in [1.54, 1.807) is 25.3 Å². The third kappa shape index (κ3) is 4.35. The minimum Gasteiger partial charge on any atom is -0.497 e. The van der Waals surface area contributed by atoms with Crippen molar-refractivity contribution in [2.24, 2.45) is 5.10 Å². The number of nitrogens with one attached hydrogen (secondary N) is 1. The van der Waals surface area contributed by atoms with E-state index >= 15 is 0 Å². The summed E-state index contributed by atoms with van der Waals surface area (Å²) in [5.74, 6) is 0.700. The summed E-state index contributed by atoms with van der Waals surface area (Å²) in [5, 5.41) is 19.4. The third-order valence-electron chi connectivity index (χ3n) is 4.72. The Hall–Kier alpha value is -4.74. The first-order chi connectivity index (χ1) is 16.0. The molecule has 0 saturated carbocycles. The molecule has 12 heteroatoms. The van der Waals surface area contributed by atoms with E-state index in [0.717, 1.165) is 5.56 Å². The molecule has 3 N–H and O–H groups in total. The van der Waals surface area contributed by atoms with Crippen molar-refractivity contribution in [3.63, 3.8) is 0 Å². The molecular formula is C21H20N8O4. The summed E-state index contributed by atoms with van der Waals surface area (Å²) in [5.41, 5.74) is 11.0. The molecule has 12 nitrogen and oxygen atoms in total. The fraction of sp³-hybridized carbons (Fsp3) is 0.143. The lowest BCUT2D eigenvalue weighted by atomic mass is 10.1. The van der Waals surface area contributed by atoms with Crippen LogP contribution >= 0.6 is 0 Å². The van der Waals surface area contributed by atoms with Crippen molar-refractivity contribution < 1.29 is 18.9 Å². The first-order valence-electron chi connectivity index (χ1n) is 9.68. The van der Waals surface area contributed by atoms with Crippen LogP contribution in [0.25, 0.3) is 17.1 Å². The van der Waals surface area contributed by atoms with E-state index in [1.165, 1.54) is 18.0 Å². The number of carbonyl (C=O) groups excluding carboxylic acids is 1. The van der Waals surface area contributed by atoms with Crippen molar-refractivity contribution >= 4 is 17.9 Å². The van der Waals surface area contributed by atoms with Gasteiger partial charge in [-0.1, -0.05) is 35.0 Å². The minimum absolute atomic E-state index is 0.00448. The van der Waals surface area contributed by atoms with Gasteiger partial charge in [0.2, 0.25) is 11.6 Å². The molecule has 2 aromatic carbocycles. The Balaban J connectivity index is 1.66. The molecule has 4 rings (SSSR count). The van der Waals surface area contributed by atoms with Crippen molar-refractivity contribution in [1.82, 2.24) is 30.7 Å². The molecule has 0 spiro atoms. The standard InChI is InChI=1S/C21H20N8O4/c1-12-4-6-13(7-5-12)18-17(24-28-29(18)20-19(22)26-33-27-20)21(30)25-23-11-14-8-9-15(31-2)10-16(14)32-3/h4-11H,1-3H3,(H2,22,26)(H,25,30)/b23-11-. The highest BCUT2D eigenvalue weighted by molar-refractivity contribution is 5.99. The Morgan fingerprint density at radius 1 is 1.15 bits per heavy atom. The number of hydrogen-bond acceptors (Lipinski definition) is 10. The highest BCUT2D eigenvalue weighted by Crippen LogP contribution is 2.27. The zero-order chi connectivity index (χ0) is 23.4. The normalized spacial score (nSPS) is 11.0. The number of hydrazone groups is 1. The highest BCUT2D eigenvalue weighted by atomic mass is 16.6. The number of amides is 1. The summed E-state index contributed by atoms with van der Waals surface area (Å²) in [4.78, 5) is 12.9. The molecule has 168 valence electrons. The predicted molar refractivity (Wildman–Crippen MR) is 118 cm³/mol. The zero-order valence-electron chi connectivity index (χ0n) is 18.0. The Morgan fingerprint density at radius 2 is 1.94 bits per heavy atom. The molecule has 4 aromatic rings. The fourth-order valence-electron chi connectivity index (χ4n) is 3.03. The van der Waals surface area contributed by atoms with Crippen molar-refractivity contribution in [3.05, 3.63) is 59.3 Å². The number of aryl methyl sites for hydroxylation is 1. The average Bonchev–Trinajstić information content (AvgIpc) is 3.45. The molecular weight excluding hydrogens is 428 g/mol. The van der Waals surface area contributed by atoms with Gasteiger partial charge < -0.3 is 15.2 Å². The van der Waals surface area contributed by atoms with E-state index in [2.05, 4.69) is 35.8 Å². The van der Waals surface area contributed by atoms with Crippen LogP contribution in [0.2, 0.25) is 0 Å². The molecule has 0 atom stereocenters. The van der Waals surface area contributed by atoms with Crippen LogP contribution in [0.15, 0.2) is 52.2 Å². The lowest BCUT2D eigenvalue weighted by Crippen LogP contribution is -2.19. The number of carbonyl (C=O) groups is 1. The van der Waals surface area contributed by atoms with Crippen LogP contribution in [0.4, 0.5) is 5.82 Å². The van der Waals surface area contributed by atoms with Crippen LogP contribution < -0.4 is 20.6 Å². The number of rotatable bonds is 7. The molecule has 0 aliphatic carbocycles. The van der Waals surface area contributed by atoms with Crippen LogP contribution in [0.1, 0.15) is 21.6 Å². The van der Waals surface area contributed by atoms with Gasteiger partial charge in [0.15, 0.2) is 5.69 Å². The molecule has 2 aromatic heterocycles. The largest absolute Gasteiger partial charge is 0.497 e. The second-order valence-corrected chi connectivity index (χ2v) is 6.84. The van der Waals surface area contributed by atoms with Gasteiger partial charge >= 0.3 is 0 Å². The van der Waals surface area contributed by atoms with Crippen LogP contribution in [0.3, 0.4) is 0 Å². The second-order valence-electron chi connectivity index (χ2n) is 6.84. The molecule has 1 amide bonds. The van der Waals surface area contributed by atoms with Gasteiger partial charge in [0, 0.05) is 17.2 Å². The fourth-order valence-corrected chi connectivity index (χ4v) is 3.03. The first-order valence-corrected chi connectivity index (χ1v) is 9.68. The summed E-state index contributed by atoms with van der Waals surface area (Å²) < 4.78 is 16.5.